The quantitative estimate of drug-likeness (QED) is 0.796. The molecule has 2 heterocycles. The second-order valence-corrected chi connectivity index (χ2v) is 8.63. The van der Waals surface area contributed by atoms with E-state index in [1.807, 2.05) is 31.2 Å². The number of aryl methyl sites for hydroxylation is 2. The average molecular weight is 376 g/mol. The Morgan fingerprint density at radius 2 is 2.00 bits per heavy atom. The minimum Gasteiger partial charge on any atom is -0.296 e. The van der Waals surface area contributed by atoms with E-state index in [1.165, 1.54) is 10.6 Å². The first-order chi connectivity index (χ1) is 12.3. The first kappa shape index (κ1) is 18.6. The number of amides is 1. The summed E-state index contributed by atoms with van der Waals surface area (Å²) < 4.78 is 27.9. The Kier molecular flexibility index (Phi) is 5.15. The highest BCUT2D eigenvalue weighted by Gasteiger charge is 2.38. The third kappa shape index (κ3) is 3.66. The van der Waals surface area contributed by atoms with Crippen molar-refractivity contribution in [2.45, 2.75) is 32.4 Å². The Morgan fingerprint density at radius 1 is 1.27 bits per heavy atom. The number of rotatable bonds is 5. The van der Waals surface area contributed by atoms with Crippen molar-refractivity contribution in [3.8, 4) is 0 Å². The molecule has 26 heavy (non-hydrogen) atoms. The van der Waals surface area contributed by atoms with Gasteiger partial charge in [0, 0.05) is 26.2 Å². The molecule has 7 nitrogen and oxygen atoms in total. The van der Waals surface area contributed by atoms with Gasteiger partial charge in [0.05, 0.1) is 12.5 Å². The minimum atomic E-state index is -3.55. The van der Waals surface area contributed by atoms with E-state index >= 15 is 0 Å². The van der Waals surface area contributed by atoms with Crippen LogP contribution in [0.15, 0.2) is 36.5 Å². The van der Waals surface area contributed by atoms with Gasteiger partial charge >= 0.3 is 0 Å². The third-order valence-corrected chi connectivity index (χ3v) is 6.08. The molecule has 140 valence electrons. The number of hydrogen-bond donors (Lipinski definition) is 0. The number of carbonyl (C=O) groups is 1. The van der Waals surface area contributed by atoms with Crippen molar-refractivity contribution < 1.29 is 13.2 Å². The first-order valence-electron chi connectivity index (χ1n) is 8.60. The maximum absolute atomic E-state index is 13.1. The fraction of sp³-hybridized carbons (Fsp3) is 0.444. The Balaban J connectivity index is 1.92. The van der Waals surface area contributed by atoms with Gasteiger partial charge in [0.2, 0.25) is 15.9 Å². The number of benzene rings is 1. The summed E-state index contributed by atoms with van der Waals surface area (Å²) in [6.45, 7) is 2.71. The Hall–Kier alpha value is -2.19. The highest BCUT2D eigenvalue weighted by Crippen LogP contribution is 2.26. The van der Waals surface area contributed by atoms with Crippen molar-refractivity contribution in [3.05, 3.63) is 47.7 Å². The molecule has 0 radical (unpaired) electrons. The van der Waals surface area contributed by atoms with E-state index in [-0.39, 0.29) is 12.5 Å². The molecule has 0 spiro atoms. The lowest BCUT2D eigenvalue weighted by Gasteiger charge is -2.37. The van der Waals surface area contributed by atoms with Crippen LogP contribution in [0.2, 0.25) is 0 Å². The number of anilines is 1. The molecular formula is C18H24N4O3S. The summed E-state index contributed by atoms with van der Waals surface area (Å²) in [6.07, 6.45) is 4.06. The number of nitrogens with zero attached hydrogens (tertiary/aromatic N) is 4. The molecule has 1 amide bonds. The SMILES string of the molecule is Cc1ccccc1CN([C@@H]1CCCN(c2ccnn2C)C1=O)S(C)(=O)=O. The van der Waals surface area contributed by atoms with E-state index < -0.39 is 16.1 Å². The summed E-state index contributed by atoms with van der Waals surface area (Å²) in [6, 6.07) is 8.72. The molecular weight excluding hydrogens is 352 g/mol. The summed E-state index contributed by atoms with van der Waals surface area (Å²) in [7, 11) is -1.78. The van der Waals surface area contributed by atoms with E-state index in [2.05, 4.69) is 5.10 Å². The summed E-state index contributed by atoms with van der Waals surface area (Å²) in [4.78, 5) is 14.8. The van der Waals surface area contributed by atoms with Gasteiger partial charge in [-0.3, -0.25) is 14.4 Å². The Labute approximate surface area is 154 Å². The molecule has 1 aromatic carbocycles. The summed E-state index contributed by atoms with van der Waals surface area (Å²) in [5.41, 5.74) is 1.91. The van der Waals surface area contributed by atoms with Gasteiger partial charge in [0.1, 0.15) is 11.9 Å². The van der Waals surface area contributed by atoms with Crippen LogP contribution >= 0.6 is 0 Å². The van der Waals surface area contributed by atoms with Crippen LogP contribution in [0, 0.1) is 6.92 Å². The predicted octanol–water partition coefficient (Wildman–Crippen LogP) is 1.69. The van der Waals surface area contributed by atoms with Crippen molar-refractivity contribution in [3.63, 3.8) is 0 Å². The van der Waals surface area contributed by atoms with Gasteiger partial charge in [0.15, 0.2) is 0 Å². The number of piperidine rings is 1. The molecule has 1 aromatic heterocycles. The molecule has 0 saturated carbocycles. The van der Waals surface area contributed by atoms with Crippen LogP contribution in [0.25, 0.3) is 0 Å². The molecule has 1 fully saturated rings. The Bertz CT molecular complexity index is 907. The number of sulfonamides is 1. The molecule has 2 aromatic rings. The molecule has 1 saturated heterocycles. The fourth-order valence-electron chi connectivity index (χ4n) is 3.40. The molecule has 3 rings (SSSR count). The lowest BCUT2D eigenvalue weighted by atomic mass is 10.0. The number of hydrogen-bond acceptors (Lipinski definition) is 4. The van der Waals surface area contributed by atoms with Gasteiger partial charge in [0.25, 0.3) is 0 Å². The Morgan fingerprint density at radius 3 is 2.62 bits per heavy atom. The van der Waals surface area contributed by atoms with Gasteiger partial charge in [-0.2, -0.15) is 9.40 Å². The van der Waals surface area contributed by atoms with E-state index in [9.17, 15) is 13.2 Å². The highest BCUT2D eigenvalue weighted by atomic mass is 32.2. The van der Waals surface area contributed by atoms with Crippen LogP contribution in [0.5, 0.6) is 0 Å². The predicted molar refractivity (Wildman–Crippen MR) is 100 cm³/mol. The smallest absolute Gasteiger partial charge is 0.246 e. The lowest BCUT2D eigenvalue weighted by Crippen LogP contribution is -2.54. The van der Waals surface area contributed by atoms with Gasteiger partial charge in [-0.05, 0) is 30.9 Å². The first-order valence-corrected chi connectivity index (χ1v) is 10.4. The van der Waals surface area contributed by atoms with Crippen LogP contribution in [0.1, 0.15) is 24.0 Å². The van der Waals surface area contributed by atoms with Gasteiger partial charge in [-0.25, -0.2) is 8.42 Å². The van der Waals surface area contributed by atoms with Crippen LogP contribution in [-0.2, 0) is 28.4 Å². The zero-order valence-electron chi connectivity index (χ0n) is 15.3. The van der Waals surface area contributed by atoms with E-state index in [1.54, 1.807) is 28.9 Å². The van der Waals surface area contributed by atoms with Crippen LogP contribution < -0.4 is 4.90 Å². The second kappa shape index (κ2) is 7.20. The summed E-state index contributed by atoms with van der Waals surface area (Å²) in [5.74, 6) is 0.489. The molecule has 8 heteroatoms. The van der Waals surface area contributed by atoms with E-state index in [4.69, 9.17) is 0 Å². The molecule has 1 aliphatic heterocycles. The minimum absolute atomic E-state index is 0.196. The van der Waals surface area contributed by atoms with Gasteiger partial charge in [-0.15, -0.1) is 0 Å². The van der Waals surface area contributed by atoms with Crippen molar-refractivity contribution >= 4 is 21.7 Å². The standard InChI is InChI=1S/C18H24N4O3S/c1-14-7-4-5-8-15(14)13-22(26(3,24)25)16-9-6-12-21(18(16)23)17-10-11-19-20(17)2/h4-5,7-8,10-11,16H,6,9,12-13H2,1-3H3/t16-/m1/s1. The maximum atomic E-state index is 13.1. The monoisotopic (exact) mass is 376 g/mol. The topological polar surface area (TPSA) is 75.5 Å². The van der Waals surface area contributed by atoms with Crippen molar-refractivity contribution in [1.29, 1.82) is 0 Å². The lowest BCUT2D eigenvalue weighted by molar-refractivity contribution is -0.123. The van der Waals surface area contributed by atoms with Crippen molar-refractivity contribution in [1.82, 2.24) is 14.1 Å². The van der Waals surface area contributed by atoms with Crippen LogP contribution in [0.3, 0.4) is 0 Å². The van der Waals surface area contributed by atoms with Crippen molar-refractivity contribution in [2.75, 3.05) is 17.7 Å². The third-order valence-electron chi connectivity index (χ3n) is 4.84. The van der Waals surface area contributed by atoms with E-state index in [0.29, 0.717) is 18.8 Å². The molecule has 1 atom stereocenters. The zero-order valence-corrected chi connectivity index (χ0v) is 16.1. The van der Waals surface area contributed by atoms with Crippen LogP contribution in [0.4, 0.5) is 5.82 Å². The molecule has 0 aliphatic carbocycles. The van der Waals surface area contributed by atoms with Crippen molar-refractivity contribution in [2.24, 2.45) is 7.05 Å². The summed E-state index contributed by atoms with van der Waals surface area (Å²) in [5, 5.41) is 4.12. The average Bonchev–Trinajstić information content (AvgIpc) is 3.00. The van der Waals surface area contributed by atoms with E-state index in [0.717, 1.165) is 17.5 Å². The molecule has 1 aliphatic rings. The van der Waals surface area contributed by atoms with Crippen LogP contribution in [-0.4, -0.2) is 47.3 Å². The highest BCUT2D eigenvalue weighted by molar-refractivity contribution is 7.88. The zero-order chi connectivity index (χ0) is 18.9. The molecule has 0 N–H and O–H groups in total. The second-order valence-electron chi connectivity index (χ2n) is 6.70. The number of carbonyl (C=O) groups excluding carboxylic acids is 1. The summed E-state index contributed by atoms with van der Waals surface area (Å²) >= 11 is 0. The maximum Gasteiger partial charge on any atom is 0.246 e. The largest absolute Gasteiger partial charge is 0.296 e. The number of aromatic nitrogens is 2. The van der Waals surface area contributed by atoms with Gasteiger partial charge in [-0.1, -0.05) is 24.3 Å². The molecule has 0 bridgehead atoms. The normalized spacial score (nSPS) is 18.5. The van der Waals surface area contributed by atoms with Gasteiger partial charge < -0.3 is 0 Å². The molecule has 0 unspecified atom stereocenters. The fourth-order valence-corrected chi connectivity index (χ4v) is 4.43.